The van der Waals surface area contributed by atoms with E-state index in [1.54, 1.807) is 12.1 Å². The summed E-state index contributed by atoms with van der Waals surface area (Å²) in [5, 5.41) is 2.92. The van der Waals surface area contributed by atoms with Gasteiger partial charge in [-0.3, -0.25) is 14.8 Å². The molecule has 1 aliphatic carbocycles. The third kappa shape index (κ3) is 4.11. The Morgan fingerprint density at radius 3 is 2.76 bits per heavy atom. The van der Waals surface area contributed by atoms with Crippen molar-refractivity contribution in [1.82, 2.24) is 20.3 Å². The first-order chi connectivity index (χ1) is 13.9. The summed E-state index contributed by atoms with van der Waals surface area (Å²) in [6, 6.07) is 8.35. The van der Waals surface area contributed by atoms with Gasteiger partial charge < -0.3 is 5.32 Å². The van der Waals surface area contributed by atoms with Crippen molar-refractivity contribution < 1.29 is 18.0 Å². The zero-order valence-electron chi connectivity index (χ0n) is 15.3. The van der Waals surface area contributed by atoms with Gasteiger partial charge in [0.05, 0.1) is 29.2 Å². The molecule has 0 spiro atoms. The van der Waals surface area contributed by atoms with Crippen LogP contribution in [0, 0.1) is 0 Å². The lowest BCUT2D eigenvalue weighted by molar-refractivity contribution is -0.137. The van der Waals surface area contributed by atoms with Gasteiger partial charge in [0.25, 0.3) is 5.91 Å². The molecular formula is C21H17F3N4O. The van der Waals surface area contributed by atoms with Gasteiger partial charge in [0, 0.05) is 18.0 Å². The minimum absolute atomic E-state index is 0.202. The van der Waals surface area contributed by atoms with E-state index in [0.29, 0.717) is 23.4 Å². The van der Waals surface area contributed by atoms with E-state index in [-0.39, 0.29) is 17.6 Å². The van der Waals surface area contributed by atoms with E-state index in [0.717, 1.165) is 30.5 Å². The van der Waals surface area contributed by atoms with Gasteiger partial charge >= 0.3 is 6.18 Å². The summed E-state index contributed by atoms with van der Waals surface area (Å²) in [6.07, 6.45) is 2.26. The second kappa shape index (κ2) is 7.62. The summed E-state index contributed by atoms with van der Waals surface area (Å²) in [6.45, 7) is 0. The SMILES string of the molecule is O=C(NC1CCCc2ccc(-c3cccc(C(F)(F)F)c3)nc21)c1cnccn1. The van der Waals surface area contributed by atoms with Gasteiger partial charge in [-0.05, 0) is 43.0 Å². The van der Waals surface area contributed by atoms with Gasteiger partial charge in [-0.25, -0.2) is 4.98 Å². The Bertz CT molecular complexity index is 1040. The van der Waals surface area contributed by atoms with E-state index in [1.807, 2.05) is 6.07 Å². The molecule has 29 heavy (non-hydrogen) atoms. The highest BCUT2D eigenvalue weighted by Crippen LogP contribution is 2.34. The molecule has 3 aromatic rings. The molecule has 0 radical (unpaired) electrons. The number of aromatic nitrogens is 3. The van der Waals surface area contributed by atoms with Crippen LogP contribution in [-0.2, 0) is 12.6 Å². The Kier molecular flexibility index (Phi) is 5.00. The molecule has 148 valence electrons. The summed E-state index contributed by atoms with van der Waals surface area (Å²) < 4.78 is 39.1. The minimum Gasteiger partial charge on any atom is -0.342 e. The van der Waals surface area contributed by atoms with E-state index in [9.17, 15) is 18.0 Å². The summed E-state index contributed by atoms with van der Waals surface area (Å²) in [5.41, 5.74) is 1.97. The molecular weight excluding hydrogens is 381 g/mol. The first kappa shape index (κ1) is 19.0. The van der Waals surface area contributed by atoms with E-state index in [2.05, 4.69) is 20.3 Å². The highest BCUT2D eigenvalue weighted by atomic mass is 19.4. The number of nitrogens with one attached hydrogen (secondary N) is 1. The molecule has 1 aliphatic rings. The number of amides is 1. The lowest BCUT2D eigenvalue weighted by atomic mass is 9.91. The smallest absolute Gasteiger partial charge is 0.342 e. The number of nitrogens with zero attached hydrogens (tertiary/aromatic N) is 3. The Balaban J connectivity index is 1.65. The number of benzene rings is 1. The quantitative estimate of drug-likeness (QED) is 0.712. The first-order valence-electron chi connectivity index (χ1n) is 9.16. The second-order valence-electron chi connectivity index (χ2n) is 6.83. The minimum atomic E-state index is -4.42. The van der Waals surface area contributed by atoms with E-state index < -0.39 is 11.7 Å². The Morgan fingerprint density at radius 2 is 2.00 bits per heavy atom. The standard InChI is InChI=1S/C21H17F3N4O/c22-21(23,24)15-5-1-4-14(11-15)16-8-7-13-3-2-6-17(19(13)27-16)28-20(29)18-12-25-9-10-26-18/h1,4-5,7-12,17H,2-3,6H2,(H,28,29). The van der Waals surface area contributed by atoms with E-state index in [1.165, 1.54) is 24.7 Å². The van der Waals surface area contributed by atoms with Crippen LogP contribution in [0.2, 0.25) is 0 Å². The monoisotopic (exact) mass is 398 g/mol. The van der Waals surface area contributed by atoms with Crippen molar-refractivity contribution in [1.29, 1.82) is 0 Å². The van der Waals surface area contributed by atoms with Gasteiger partial charge in [0.15, 0.2) is 0 Å². The van der Waals surface area contributed by atoms with Crippen LogP contribution in [0.4, 0.5) is 13.2 Å². The number of pyridine rings is 1. The molecule has 1 atom stereocenters. The first-order valence-corrected chi connectivity index (χ1v) is 9.16. The fourth-order valence-corrected chi connectivity index (χ4v) is 3.45. The van der Waals surface area contributed by atoms with Gasteiger partial charge in [0.1, 0.15) is 5.69 Å². The molecule has 0 aliphatic heterocycles. The lowest BCUT2D eigenvalue weighted by Crippen LogP contribution is -2.32. The zero-order chi connectivity index (χ0) is 20.4. The van der Waals surface area contributed by atoms with Gasteiger partial charge in [-0.15, -0.1) is 0 Å². The maximum atomic E-state index is 13.0. The van der Waals surface area contributed by atoms with Crippen LogP contribution in [0.25, 0.3) is 11.3 Å². The van der Waals surface area contributed by atoms with Crippen LogP contribution in [0.15, 0.2) is 55.0 Å². The van der Waals surface area contributed by atoms with Crippen LogP contribution < -0.4 is 5.32 Å². The largest absolute Gasteiger partial charge is 0.416 e. The maximum absolute atomic E-state index is 13.0. The van der Waals surface area contributed by atoms with Crippen molar-refractivity contribution >= 4 is 5.91 Å². The highest BCUT2D eigenvalue weighted by Gasteiger charge is 2.31. The zero-order valence-corrected chi connectivity index (χ0v) is 15.3. The van der Waals surface area contributed by atoms with Gasteiger partial charge in [-0.1, -0.05) is 18.2 Å². The Hall–Kier alpha value is -3.29. The number of aryl methyl sites for hydroxylation is 1. The topological polar surface area (TPSA) is 67.8 Å². The average molecular weight is 398 g/mol. The Morgan fingerprint density at radius 1 is 1.14 bits per heavy atom. The number of hydrogen-bond donors (Lipinski definition) is 1. The predicted octanol–water partition coefficient (Wildman–Crippen LogP) is 4.36. The highest BCUT2D eigenvalue weighted by molar-refractivity contribution is 5.92. The number of carbonyl (C=O) groups excluding carboxylic acids is 1. The van der Waals surface area contributed by atoms with Crippen LogP contribution in [0.1, 0.15) is 46.2 Å². The third-order valence-electron chi connectivity index (χ3n) is 4.87. The maximum Gasteiger partial charge on any atom is 0.416 e. The number of hydrogen-bond acceptors (Lipinski definition) is 4. The number of halogens is 3. The fourth-order valence-electron chi connectivity index (χ4n) is 3.45. The van der Waals surface area contributed by atoms with Crippen molar-refractivity contribution in [3.8, 4) is 11.3 Å². The van der Waals surface area contributed by atoms with Crippen molar-refractivity contribution in [3.63, 3.8) is 0 Å². The molecule has 5 nitrogen and oxygen atoms in total. The summed E-state index contributed by atoms with van der Waals surface area (Å²) in [4.78, 5) is 25.0. The number of carbonyl (C=O) groups is 1. The molecule has 4 rings (SSSR count). The van der Waals surface area contributed by atoms with Gasteiger partial charge in [-0.2, -0.15) is 13.2 Å². The molecule has 8 heteroatoms. The van der Waals surface area contributed by atoms with Crippen LogP contribution in [-0.4, -0.2) is 20.9 Å². The average Bonchev–Trinajstić information content (AvgIpc) is 2.74. The van der Waals surface area contributed by atoms with Crippen molar-refractivity contribution in [2.24, 2.45) is 0 Å². The van der Waals surface area contributed by atoms with Crippen LogP contribution >= 0.6 is 0 Å². The van der Waals surface area contributed by atoms with Crippen molar-refractivity contribution in [3.05, 3.63) is 77.5 Å². The molecule has 1 amide bonds. The lowest BCUT2D eigenvalue weighted by Gasteiger charge is -2.26. The normalized spacial score (nSPS) is 16.2. The summed E-state index contributed by atoms with van der Waals surface area (Å²) in [7, 11) is 0. The molecule has 2 heterocycles. The van der Waals surface area contributed by atoms with Crippen LogP contribution in [0.3, 0.4) is 0 Å². The number of rotatable bonds is 3. The molecule has 1 aromatic carbocycles. The van der Waals surface area contributed by atoms with E-state index >= 15 is 0 Å². The number of fused-ring (bicyclic) bond motifs is 1. The molecule has 0 saturated heterocycles. The van der Waals surface area contributed by atoms with E-state index in [4.69, 9.17) is 0 Å². The molecule has 0 bridgehead atoms. The summed E-state index contributed by atoms with van der Waals surface area (Å²) >= 11 is 0. The summed E-state index contributed by atoms with van der Waals surface area (Å²) in [5.74, 6) is -0.359. The van der Waals surface area contributed by atoms with Crippen molar-refractivity contribution in [2.75, 3.05) is 0 Å². The molecule has 0 saturated carbocycles. The third-order valence-corrected chi connectivity index (χ3v) is 4.87. The Labute approximate surface area is 165 Å². The van der Waals surface area contributed by atoms with Crippen molar-refractivity contribution in [2.45, 2.75) is 31.5 Å². The molecule has 2 aromatic heterocycles. The molecule has 1 unspecified atom stereocenters. The predicted molar refractivity (Wildman–Crippen MR) is 99.9 cm³/mol. The van der Waals surface area contributed by atoms with Crippen LogP contribution in [0.5, 0.6) is 0 Å². The molecule has 1 N–H and O–H groups in total. The second-order valence-corrected chi connectivity index (χ2v) is 6.83. The fraction of sp³-hybridized carbons (Fsp3) is 0.238. The number of alkyl halides is 3. The van der Waals surface area contributed by atoms with Gasteiger partial charge in [0.2, 0.25) is 0 Å². The molecule has 0 fully saturated rings.